The van der Waals surface area contributed by atoms with Crippen LogP contribution in [0.3, 0.4) is 0 Å². The third kappa shape index (κ3) is 4.82. The fraction of sp³-hybridized carbons (Fsp3) is 0.667. The summed E-state index contributed by atoms with van der Waals surface area (Å²) in [6.07, 6.45) is 0. The molecule has 0 N–H and O–H groups in total. The number of thioether (sulfide) groups is 1. The van der Waals surface area contributed by atoms with Crippen LogP contribution >= 0.6 is 24.4 Å². The summed E-state index contributed by atoms with van der Waals surface area (Å²) in [5.74, 6) is 1.35. The summed E-state index contributed by atoms with van der Waals surface area (Å²) < 4.78 is -0.0271. The van der Waals surface area contributed by atoms with Crippen LogP contribution in [0.15, 0.2) is 23.1 Å². The first-order chi connectivity index (χ1) is 10.7. The fourth-order valence-corrected chi connectivity index (χ4v) is 4.22. The molecule has 0 atom stereocenters. The van der Waals surface area contributed by atoms with Crippen molar-refractivity contribution >= 4 is 30.2 Å². The van der Waals surface area contributed by atoms with Gasteiger partial charge in [-0.2, -0.15) is 12.6 Å². The highest BCUT2D eigenvalue weighted by Crippen LogP contribution is 2.41. The van der Waals surface area contributed by atoms with E-state index in [1.807, 2.05) is 39.5 Å². The molecule has 0 saturated heterocycles. The largest absolute Gasteiger partial charge is 0.298 e. The number of Topliss-reactive ketones (excluding diaryl/α,β-unsaturated/α-hetero) is 1. The van der Waals surface area contributed by atoms with E-state index in [0.29, 0.717) is 5.78 Å². The Morgan fingerprint density at radius 2 is 1.67 bits per heavy atom. The minimum absolute atomic E-state index is 0.0271. The predicted octanol–water partition coefficient (Wildman–Crippen LogP) is 6.32. The Kier molecular flexibility index (Phi) is 6.72. The van der Waals surface area contributed by atoms with E-state index in [2.05, 4.69) is 52.8 Å². The van der Waals surface area contributed by atoms with Crippen molar-refractivity contribution in [3.63, 3.8) is 0 Å². The molecule has 0 bridgehead atoms. The highest BCUT2D eigenvalue weighted by molar-refractivity contribution is 7.99. The average molecular weight is 367 g/mol. The van der Waals surface area contributed by atoms with Gasteiger partial charge >= 0.3 is 0 Å². The van der Waals surface area contributed by atoms with Crippen molar-refractivity contribution in [2.45, 2.75) is 77.4 Å². The molecule has 0 radical (unpaired) electrons. The Balaban J connectivity index is 2.99. The second kappa shape index (κ2) is 7.45. The van der Waals surface area contributed by atoms with Gasteiger partial charge in [-0.25, -0.2) is 0 Å². The number of thiol groups is 1. The lowest BCUT2D eigenvalue weighted by Crippen LogP contribution is -2.35. The lowest BCUT2D eigenvalue weighted by atomic mass is 9.75. The predicted molar refractivity (Wildman–Crippen MR) is 112 cm³/mol. The quantitative estimate of drug-likeness (QED) is 0.449. The second-order valence-corrected chi connectivity index (χ2v) is 11.0. The maximum Gasteiger partial charge on any atom is 0.145 e. The SMILES string of the molecule is Cc1cc(SCC(C)(C)C(C)(C)S)ccc1C(C)(C)C(=O)C(C)C. The summed E-state index contributed by atoms with van der Waals surface area (Å²) in [6, 6.07) is 6.51. The van der Waals surface area contributed by atoms with Gasteiger partial charge in [0, 0.05) is 26.7 Å². The highest BCUT2D eigenvalue weighted by atomic mass is 32.2. The number of hydrogen-bond acceptors (Lipinski definition) is 3. The van der Waals surface area contributed by atoms with Crippen LogP contribution in [0, 0.1) is 18.3 Å². The van der Waals surface area contributed by atoms with Gasteiger partial charge in [0.05, 0.1) is 0 Å². The van der Waals surface area contributed by atoms with Gasteiger partial charge in [0.25, 0.3) is 0 Å². The lowest BCUT2D eigenvalue weighted by Gasteiger charge is -2.37. The molecule has 0 fully saturated rings. The molecule has 0 aliphatic heterocycles. The van der Waals surface area contributed by atoms with Crippen molar-refractivity contribution in [2.75, 3.05) is 5.75 Å². The zero-order valence-electron chi connectivity index (χ0n) is 16.8. The topological polar surface area (TPSA) is 17.1 Å². The smallest absolute Gasteiger partial charge is 0.145 e. The van der Waals surface area contributed by atoms with Gasteiger partial charge in [-0.3, -0.25) is 4.79 Å². The molecular weight excluding hydrogens is 332 g/mol. The molecule has 136 valence electrons. The van der Waals surface area contributed by atoms with Crippen molar-refractivity contribution in [1.82, 2.24) is 0 Å². The summed E-state index contributed by atoms with van der Waals surface area (Å²) in [7, 11) is 0. The monoisotopic (exact) mass is 366 g/mol. The maximum atomic E-state index is 12.6. The van der Waals surface area contributed by atoms with Crippen LogP contribution in [0.2, 0.25) is 0 Å². The fourth-order valence-electron chi connectivity index (χ4n) is 2.72. The van der Waals surface area contributed by atoms with E-state index in [-0.39, 0.29) is 16.1 Å². The zero-order chi connectivity index (χ0) is 18.9. The van der Waals surface area contributed by atoms with Crippen LogP contribution in [0.4, 0.5) is 0 Å². The molecule has 0 amide bonds. The number of hydrogen-bond donors (Lipinski definition) is 1. The van der Waals surface area contributed by atoms with Crippen LogP contribution in [-0.4, -0.2) is 16.3 Å². The summed E-state index contributed by atoms with van der Waals surface area (Å²) in [5, 5.41) is 0. The first-order valence-electron chi connectivity index (χ1n) is 8.71. The van der Waals surface area contributed by atoms with Crippen LogP contribution in [0.1, 0.15) is 66.5 Å². The average Bonchev–Trinajstić information content (AvgIpc) is 2.42. The Morgan fingerprint density at radius 3 is 2.08 bits per heavy atom. The number of rotatable bonds is 7. The second-order valence-electron chi connectivity index (χ2n) is 8.85. The first-order valence-corrected chi connectivity index (χ1v) is 10.1. The maximum absolute atomic E-state index is 12.6. The molecule has 1 rings (SSSR count). The minimum Gasteiger partial charge on any atom is -0.298 e. The van der Waals surface area contributed by atoms with E-state index < -0.39 is 5.41 Å². The van der Waals surface area contributed by atoms with Crippen molar-refractivity contribution in [3.05, 3.63) is 29.3 Å². The van der Waals surface area contributed by atoms with Crippen LogP contribution in [-0.2, 0) is 10.2 Å². The normalized spacial score (nSPS) is 13.5. The highest BCUT2D eigenvalue weighted by Gasteiger charge is 2.34. The summed E-state index contributed by atoms with van der Waals surface area (Å²) >= 11 is 6.62. The van der Waals surface area contributed by atoms with Crippen molar-refractivity contribution in [3.8, 4) is 0 Å². The van der Waals surface area contributed by atoms with Gasteiger partial charge in [0.2, 0.25) is 0 Å². The molecule has 3 heteroatoms. The number of carbonyl (C=O) groups excluding carboxylic acids is 1. The van der Waals surface area contributed by atoms with Gasteiger partial charge in [0.15, 0.2) is 0 Å². The van der Waals surface area contributed by atoms with Gasteiger partial charge in [0.1, 0.15) is 5.78 Å². The standard InChI is InChI=1S/C21H34OS2/c1-14(2)18(22)20(6,7)17-11-10-16(12-15(17)3)24-13-19(4,5)21(8,9)23/h10-12,14,23H,13H2,1-9H3. The Labute approximate surface area is 158 Å². The molecule has 0 aliphatic carbocycles. The number of benzene rings is 1. The van der Waals surface area contributed by atoms with Crippen LogP contribution < -0.4 is 0 Å². The van der Waals surface area contributed by atoms with E-state index in [1.54, 1.807) is 0 Å². The molecule has 0 unspecified atom stereocenters. The Hall–Kier alpha value is -0.410. The Bertz CT molecular complexity index is 592. The molecule has 0 heterocycles. The third-order valence-electron chi connectivity index (χ3n) is 5.27. The molecule has 24 heavy (non-hydrogen) atoms. The van der Waals surface area contributed by atoms with E-state index in [1.165, 1.54) is 10.5 Å². The van der Waals surface area contributed by atoms with Crippen molar-refractivity contribution in [1.29, 1.82) is 0 Å². The van der Waals surface area contributed by atoms with E-state index in [0.717, 1.165) is 11.3 Å². The van der Waals surface area contributed by atoms with E-state index in [9.17, 15) is 4.79 Å². The molecule has 0 aliphatic rings. The Morgan fingerprint density at radius 1 is 1.12 bits per heavy atom. The number of ketones is 1. The zero-order valence-corrected chi connectivity index (χ0v) is 18.5. The molecule has 0 spiro atoms. The molecule has 1 aromatic carbocycles. The number of aryl methyl sites for hydroxylation is 1. The minimum atomic E-state index is -0.437. The molecule has 1 aromatic rings. The summed E-state index contributed by atoms with van der Waals surface area (Å²) in [5.41, 5.74) is 2.02. The summed E-state index contributed by atoms with van der Waals surface area (Å²) in [6.45, 7) is 19.0. The van der Waals surface area contributed by atoms with Gasteiger partial charge in [-0.05, 0) is 49.4 Å². The summed E-state index contributed by atoms with van der Waals surface area (Å²) in [4.78, 5) is 13.8. The van der Waals surface area contributed by atoms with Gasteiger partial charge < -0.3 is 0 Å². The van der Waals surface area contributed by atoms with Gasteiger partial charge in [-0.1, -0.05) is 47.6 Å². The van der Waals surface area contributed by atoms with E-state index in [4.69, 9.17) is 12.6 Å². The van der Waals surface area contributed by atoms with Crippen molar-refractivity contribution < 1.29 is 4.79 Å². The molecule has 0 saturated carbocycles. The molecule has 1 nitrogen and oxygen atoms in total. The van der Waals surface area contributed by atoms with Crippen LogP contribution in [0.25, 0.3) is 0 Å². The number of carbonyl (C=O) groups is 1. The first kappa shape index (κ1) is 21.6. The van der Waals surface area contributed by atoms with Gasteiger partial charge in [-0.15, -0.1) is 11.8 Å². The lowest BCUT2D eigenvalue weighted by molar-refractivity contribution is -0.126. The van der Waals surface area contributed by atoms with Crippen molar-refractivity contribution in [2.24, 2.45) is 11.3 Å². The third-order valence-corrected chi connectivity index (χ3v) is 7.33. The van der Waals surface area contributed by atoms with Crippen LogP contribution in [0.5, 0.6) is 0 Å². The molecule has 0 aromatic heterocycles. The van der Waals surface area contributed by atoms with E-state index >= 15 is 0 Å². The molecular formula is C21H34OS2.